The van der Waals surface area contributed by atoms with Crippen molar-refractivity contribution in [2.45, 2.75) is 63.8 Å². The van der Waals surface area contributed by atoms with Gasteiger partial charge in [-0.05, 0) is 61.7 Å². The molecule has 234 valence electrons. The summed E-state index contributed by atoms with van der Waals surface area (Å²) in [6.45, 7) is 5.06. The molecule has 0 fully saturated rings. The molecule has 0 heterocycles. The molecule has 0 saturated heterocycles. The minimum absolute atomic E-state index is 0.00937. The van der Waals surface area contributed by atoms with Crippen LogP contribution >= 0.6 is 0 Å². The van der Waals surface area contributed by atoms with E-state index in [4.69, 9.17) is 9.47 Å². The average molecular weight is 606 g/mol. The topological polar surface area (TPSA) is 163 Å². The number of alkyl carbamates (subject to hydrolysis) is 1. The van der Waals surface area contributed by atoms with E-state index < -0.39 is 47.6 Å². The lowest BCUT2D eigenvalue weighted by molar-refractivity contribution is -0.145. The van der Waals surface area contributed by atoms with Crippen molar-refractivity contribution >= 4 is 23.9 Å². The molecule has 3 rings (SSSR count). The molecule has 0 aliphatic rings. The highest BCUT2D eigenvalue weighted by Crippen LogP contribution is 2.15. The van der Waals surface area contributed by atoms with Gasteiger partial charge in [-0.1, -0.05) is 54.6 Å². The number of carbonyl (C=O) groups is 4. The second-order valence-corrected chi connectivity index (χ2v) is 11.3. The molecule has 0 aliphatic heterocycles. The number of phenols is 2. The number of ether oxygens (including phenoxy) is 2. The van der Waals surface area contributed by atoms with Gasteiger partial charge in [-0.3, -0.25) is 9.59 Å². The predicted octanol–water partition coefficient (Wildman–Crippen LogP) is 3.16. The first-order valence-electron chi connectivity index (χ1n) is 14.1. The monoisotopic (exact) mass is 605 g/mol. The summed E-state index contributed by atoms with van der Waals surface area (Å²) < 4.78 is 10.3. The van der Waals surface area contributed by atoms with E-state index in [1.165, 1.54) is 31.4 Å². The number of hydrogen-bond donors (Lipinski definition) is 5. The van der Waals surface area contributed by atoms with E-state index in [1.807, 2.05) is 30.3 Å². The molecule has 3 atom stereocenters. The average Bonchev–Trinajstić information content (AvgIpc) is 2.97. The van der Waals surface area contributed by atoms with Gasteiger partial charge >= 0.3 is 12.1 Å². The lowest BCUT2D eigenvalue weighted by atomic mass is 10.0. The Kier molecular flexibility index (Phi) is 11.7. The fourth-order valence-electron chi connectivity index (χ4n) is 4.33. The van der Waals surface area contributed by atoms with Gasteiger partial charge in [0, 0.05) is 19.3 Å². The number of benzene rings is 3. The van der Waals surface area contributed by atoms with Gasteiger partial charge in [0.05, 0.1) is 7.11 Å². The Balaban J connectivity index is 1.88. The third-order valence-corrected chi connectivity index (χ3v) is 6.48. The summed E-state index contributed by atoms with van der Waals surface area (Å²) in [5.74, 6) is -1.92. The van der Waals surface area contributed by atoms with Crippen molar-refractivity contribution < 1.29 is 38.9 Å². The molecular weight excluding hydrogens is 566 g/mol. The summed E-state index contributed by atoms with van der Waals surface area (Å²) in [6.07, 6.45) is -0.639. The normalized spacial score (nSPS) is 13.1. The molecule has 11 heteroatoms. The number of amides is 3. The van der Waals surface area contributed by atoms with E-state index in [-0.39, 0.29) is 30.8 Å². The molecule has 0 spiro atoms. The summed E-state index contributed by atoms with van der Waals surface area (Å²) in [4.78, 5) is 52.7. The molecule has 0 aliphatic carbocycles. The van der Waals surface area contributed by atoms with Crippen LogP contribution in [0.3, 0.4) is 0 Å². The predicted molar refractivity (Wildman–Crippen MR) is 163 cm³/mol. The first-order chi connectivity index (χ1) is 20.8. The van der Waals surface area contributed by atoms with Crippen molar-refractivity contribution in [2.24, 2.45) is 0 Å². The molecule has 44 heavy (non-hydrogen) atoms. The standard InChI is InChI=1S/C33H39N3O8/c1-33(2,3)44-32(42)36-27(19-23-12-16-25(38)17-13-23)30(40)34-26(18-22-10-14-24(37)15-11-22)29(39)35-28(31(41)43-4)20-21-8-6-5-7-9-21/h5-17,26-28,37-38H,18-20H2,1-4H3,(H,34,40)(H,35,39)(H,36,42)/t26-,27-,28-/m0/s1. The molecule has 3 amide bonds. The number of rotatable bonds is 12. The van der Waals surface area contributed by atoms with Gasteiger partial charge in [-0.2, -0.15) is 0 Å². The quantitative estimate of drug-likeness (QED) is 0.197. The van der Waals surface area contributed by atoms with Crippen LogP contribution in [-0.2, 0) is 43.1 Å². The van der Waals surface area contributed by atoms with Gasteiger partial charge in [0.25, 0.3) is 0 Å². The Morgan fingerprint density at radius 3 is 1.50 bits per heavy atom. The second-order valence-electron chi connectivity index (χ2n) is 11.3. The fraction of sp³-hybridized carbons (Fsp3) is 0.333. The minimum atomic E-state index is -1.18. The van der Waals surface area contributed by atoms with Gasteiger partial charge in [-0.15, -0.1) is 0 Å². The van der Waals surface area contributed by atoms with E-state index in [0.717, 1.165) is 5.56 Å². The molecule has 0 radical (unpaired) electrons. The van der Waals surface area contributed by atoms with Crippen LogP contribution < -0.4 is 16.0 Å². The smallest absolute Gasteiger partial charge is 0.408 e. The van der Waals surface area contributed by atoms with Crippen molar-refractivity contribution in [3.8, 4) is 11.5 Å². The lowest BCUT2D eigenvalue weighted by Crippen LogP contribution is -2.57. The van der Waals surface area contributed by atoms with Crippen LogP contribution in [0, 0.1) is 0 Å². The number of phenolic OH excluding ortho intramolecular Hbond substituents is 2. The van der Waals surface area contributed by atoms with E-state index in [2.05, 4.69) is 16.0 Å². The Bertz CT molecular complexity index is 1400. The van der Waals surface area contributed by atoms with E-state index in [1.54, 1.807) is 45.0 Å². The van der Waals surface area contributed by atoms with Crippen molar-refractivity contribution in [3.05, 3.63) is 95.6 Å². The van der Waals surface area contributed by atoms with Crippen LogP contribution in [0.15, 0.2) is 78.9 Å². The SMILES string of the molecule is COC(=O)[C@H](Cc1ccccc1)NC(=O)[C@H](Cc1ccc(O)cc1)NC(=O)[C@H](Cc1ccc(O)cc1)NC(=O)OC(C)(C)C. The Morgan fingerprint density at radius 1 is 0.636 bits per heavy atom. The lowest BCUT2D eigenvalue weighted by Gasteiger charge is -2.26. The third-order valence-electron chi connectivity index (χ3n) is 6.48. The number of aromatic hydroxyl groups is 2. The maximum atomic E-state index is 13.7. The maximum Gasteiger partial charge on any atom is 0.408 e. The maximum absolute atomic E-state index is 13.7. The van der Waals surface area contributed by atoms with Crippen molar-refractivity contribution in [1.29, 1.82) is 0 Å². The van der Waals surface area contributed by atoms with Crippen LogP contribution in [0.5, 0.6) is 11.5 Å². The number of nitrogens with one attached hydrogen (secondary N) is 3. The largest absolute Gasteiger partial charge is 0.508 e. The van der Waals surface area contributed by atoms with Gasteiger partial charge in [0.1, 0.15) is 35.2 Å². The summed E-state index contributed by atoms with van der Waals surface area (Å²) >= 11 is 0. The zero-order valence-electron chi connectivity index (χ0n) is 25.2. The van der Waals surface area contributed by atoms with Crippen LogP contribution in [-0.4, -0.2) is 64.9 Å². The van der Waals surface area contributed by atoms with E-state index >= 15 is 0 Å². The molecule has 3 aromatic rings. The van der Waals surface area contributed by atoms with Crippen LogP contribution in [0.2, 0.25) is 0 Å². The van der Waals surface area contributed by atoms with Crippen LogP contribution in [0.4, 0.5) is 4.79 Å². The second kappa shape index (κ2) is 15.4. The van der Waals surface area contributed by atoms with E-state index in [9.17, 15) is 29.4 Å². The highest BCUT2D eigenvalue weighted by Gasteiger charge is 2.31. The summed E-state index contributed by atoms with van der Waals surface area (Å²) in [5.41, 5.74) is 1.22. The molecule has 11 nitrogen and oxygen atoms in total. The Hall–Kier alpha value is -5.06. The fourth-order valence-corrected chi connectivity index (χ4v) is 4.33. The molecule has 3 aromatic carbocycles. The molecule has 0 bridgehead atoms. The number of methoxy groups -OCH3 is 1. The summed E-state index contributed by atoms with van der Waals surface area (Å²) in [5, 5.41) is 27.4. The van der Waals surface area contributed by atoms with Gasteiger partial charge in [0.2, 0.25) is 11.8 Å². The third kappa shape index (κ3) is 11.0. The summed E-state index contributed by atoms with van der Waals surface area (Å²) in [7, 11) is 1.22. The molecular formula is C33H39N3O8. The number of esters is 1. The van der Waals surface area contributed by atoms with Crippen molar-refractivity contribution in [1.82, 2.24) is 16.0 Å². The van der Waals surface area contributed by atoms with Crippen LogP contribution in [0.1, 0.15) is 37.5 Å². The van der Waals surface area contributed by atoms with E-state index in [0.29, 0.717) is 11.1 Å². The zero-order valence-corrected chi connectivity index (χ0v) is 25.2. The highest BCUT2D eigenvalue weighted by atomic mass is 16.6. The summed E-state index contributed by atoms with van der Waals surface area (Å²) in [6, 6.07) is 18.0. The highest BCUT2D eigenvalue weighted by molar-refractivity contribution is 5.93. The van der Waals surface area contributed by atoms with Gasteiger partial charge in [0.15, 0.2) is 0 Å². The van der Waals surface area contributed by atoms with Crippen molar-refractivity contribution in [2.75, 3.05) is 7.11 Å². The van der Waals surface area contributed by atoms with Crippen molar-refractivity contribution in [3.63, 3.8) is 0 Å². The minimum Gasteiger partial charge on any atom is -0.508 e. The molecule has 0 saturated carbocycles. The molecule has 0 aromatic heterocycles. The molecule has 0 unspecified atom stereocenters. The first kappa shape index (κ1) is 33.4. The van der Waals surface area contributed by atoms with Gasteiger partial charge in [-0.25, -0.2) is 9.59 Å². The zero-order chi connectivity index (χ0) is 32.3. The first-order valence-corrected chi connectivity index (χ1v) is 14.1. The number of hydrogen-bond acceptors (Lipinski definition) is 8. The van der Waals surface area contributed by atoms with Gasteiger partial charge < -0.3 is 35.6 Å². The van der Waals surface area contributed by atoms with Crippen LogP contribution in [0.25, 0.3) is 0 Å². The Labute approximate surface area is 256 Å². The number of carbonyl (C=O) groups excluding carboxylic acids is 4. The molecule has 5 N–H and O–H groups in total. The Morgan fingerprint density at radius 2 is 1.05 bits per heavy atom.